The van der Waals surface area contributed by atoms with Crippen LogP contribution in [0, 0.1) is 5.92 Å². The van der Waals surface area contributed by atoms with E-state index in [4.69, 9.17) is 9.47 Å². The molecule has 0 radical (unpaired) electrons. The average molecular weight is 310 g/mol. The molecular weight excluding hydrogens is 292 g/mol. The van der Waals surface area contributed by atoms with Gasteiger partial charge in [-0.1, -0.05) is 18.2 Å². The molecule has 0 bridgehead atoms. The van der Waals surface area contributed by atoms with Gasteiger partial charge >= 0.3 is 0 Å². The van der Waals surface area contributed by atoms with Crippen molar-refractivity contribution in [3.8, 4) is 11.5 Å². The number of hydrogen-bond donors (Lipinski definition) is 1. The second kappa shape index (κ2) is 6.01. The number of azo groups is 1. The van der Waals surface area contributed by atoms with Crippen LogP contribution in [0.4, 0.5) is 11.4 Å². The van der Waals surface area contributed by atoms with E-state index in [-0.39, 0.29) is 0 Å². The van der Waals surface area contributed by atoms with E-state index < -0.39 is 6.10 Å². The molecule has 2 aliphatic rings. The Kier molecular flexibility index (Phi) is 3.71. The largest absolute Gasteiger partial charge is 0.486 e. The van der Waals surface area contributed by atoms with Crippen LogP contribution in [0.15, 0.2) is 52.7 Å². The predicted octanol–water partition coefficient (Wildman–Crippen LogP) is 4.32. The Morgan fingerprint density at radius 2 is 1.65 bits per heavy atom. The predicted molar refractivity (Wildman–Crippen MR) is 85.7 cm³/mol. The van der Waals surface area contributed by atoms with E-state index >= 15 is 0 Å². The third-order valence-corrected chi connectivity index (χ3v) is 4.11. The molecule has 5 heteroatoms. The van der Waals surface area contributed by atoms with Gasteiger partial charge in [0, 0.05) is 11.6 Å². The average Bonchev–Trinajstić information content (AvgIpc) is 3.44. The van der Waals surface area contributed by atoms with Gasteiger partial charge in [0.2, 0.25) is 0 Å². The highest BCUT2D eigenvalue weighted by molar-refractivity contribution is 5.59. The molecule has 1 saturated carbocycles. The van der Waals surface area contributed by atoms with E-state index in [1.807, 2.05) is 42.5 Å². The summed E-state index contributed by atoms with van der Waals surface area (Å²) in [5.74, 6) is 1.64. The molecule has 5 nitrogen and oxygen atoms in total. The third kappa shape index (κ3) is 3.05. The minimum absolute atomic E-state index is 0.309. The lowest BCUT2D eigenvalue weighted by atomic mass is 10.0. The number of ether oxygens (including phenoxy) is 2. The van der Waals surface area contributed by atoms with Gasteiger partial charge in [0.05, 0.1) is 17.5 Å². The molecule has 1 N–H and O–H groups in total. The quantitative estimate of drug-likeness (QED) is 0.856. The van der Waals surface area contributed by atoms with Gasteiger partial charge in [0.15, 0.2) is 11.5 Å². The van der Waals surface area contributed by atoms with Crippen molar-refractivity contribution in [1.29, 1.82) is 0 Å². The SMILES string of the molecule is OC(c1cc2c(cc1N=Nc1ccccc1)OCCO2)C1CC1. The molecule has 0 saturated heterocycles. The van der Waals surface area contributed by atoms with Crippen molar-refractivity contribution >= 4 is 11.4 Å². The van der Waals surface area contributed by atoms with Crippen LogP contribution in [0.1, 0.15) is 24.5 Å². The zero-order valence-electron chi connectivity index (χ0n) is 12.7. The lowest BCUT2D eigenvalue weighted by Crippen LogP contribution is -2.16. The molecule has 4 rings (SSSR count). The molecular formula is C18H18N2O3. The first-order valence-corrected chi connectivity index (χ1v) is 7.89. The molecule has 1 atom stereocenters. The Morgan fingerprint density at radius 3 is 2.35 bits per heavy atom. The Balaban J connectivity index is 1.72. The molecule has 1 aliphatic heterocycles. The number of benzene rings is 2. The molecule has 0 spiro atoms. The van der Waals surface area contributed by atoms with E-state index in [0.29, 0.717) is 36.3 Å². The van der Waals surface area contributed by atoms with E-state index in [2.05, 4.69) is 10.2 Å². The summed E-state index contributed by atoms with van der Waals surface area (Å²) in [5, 5.41) is 19.2. The molecule has 1 fully saturated rings. The minimum atomic E-state index is -0.532. The highest BCUT2D eigenvalue weighted by Gasteiger charge is 2.33. The van der Waals surface area contributed by atoms with Crippen LogP contribution in [0.5, 0.6) is 11.5 Å². The van der Waals surface area contributed by atoms with Gasteiger partial charge in [-0.15, -0.1) is 0 Å². The second-order valence-electron chi connectivity index (χ2n) is 5.87. The van der Waals surface area contributed by atoms with Crippen LogP contribution in [-0.4, -0.2) is 18.3 Å². The molecule has 23 heavy (non-hydrogen) atoms. The number of hydrogen-bond acceptors (Lipinski definition) is 5. The highest BCUT2D eigenvalue weighted by Crippen LogP contribution is 2.47. The molecule has 2 aromatic carbocycles. The Hall–Kier alpha value is -2.40. The zero-order chi connectivity index (χ0) is 15.6. The number of rotatable bonds is 4. The van der Waals surface area contributed by atoms with E-state index in [1.54, 1.807) is 0 Å². The van der Waals surface area contributed by atoms with Crippen molar-refractivity contribution < 1.29 is 14.6 Å². The van der Waals surface area contributed by atoms with Crippen LogP contribution in [0.25, 0.3) is 0 Å². The minimum Gasteiger partial charge on any atom is -0.486 e. The van der Waals surface area contributed by atoms with Crippen molar-refractivity contribution in [2.45, 2.75) is 18.9 Å². The lowest BCUT2D eigenvalue weighted by molar-refractivity contribution is 0.150. The Morgan fingerprint density at radius 1 is 0.957 bits per heavy atom. The summed E-state index contributed by atoms with van der Waals surface area (Å²) in [5.41, 5.74) is 2.17. The van der Waals surface area contributed by atoms with Gasteiger partial charge in [-0.05, 0) is 37.0 Å². The standard InChI is InChI=1S/C18H18N2O3/c21-18(12-6-7-12)14-10-16-17(23-9-8-22-16)11-15(14)20-19-13-4-2-1-3-5-13/h1-5,10-12,18,21H,6-9H2. The summed E-state index contributed by atoms with van der Waals surface area (Å²) >= 11 is 0. The molecule has 0 amide bonds. The number of fused-ring (bicyclic) bond motifs is 1. The number of aliphatic hydroxyl groups is 1. The van der Waals surface area contributed by atoms with Gasteiger partial charge in [0.1, 0.15) is 13.2 Å². The fourth-order valence-electron chi connectivity index (χ4n) is 2.69. The van der Waals surface area contributed by atoms with Gasteiger partial charge in [-0.25, -0.2) is 0 Å². The van der Waals surface area contributed by atoms with Gasteiger partial charge in [0.25, 0.3) is 0 Å². The molecule has 0 aromatic heterocycles. The van der Waals surface area contributed by atoms with Crippen molar-refractivity contribution in [2.75, 3.05) is 13.2 Å². The zero-order valence-corrected chi connectivity index (χ0v) is 12.7. The van der Waals surface area contributed by atoms with Crippen LogP contribution < -0.4 is 9.47 Å². The van der Waals surface area contributed by atoms with Gasteiger partial charge in [-0.3, -0.25) is 0 Å². The molecule has 1 heterocycles. The lowest BCUT2D eigenvalue weighted by Gasteiger charge is -2.21. The summed E-state index contributed by atoms with van der Waals surface area (Å²) in [7, 11) is 0. The highest BCUT2D eigenvalue weighted by atomic mass is 16.6. The van der Waals surface area contributed by atoms with Gasteiger partial charge < -0.3 is 14.6 Å². The van der Waals surface area contributed by atoms with Crippen molar-refractivity contribution in [1.82, 2.24) is 0 Å². The maximum absolute atomic E-state index is 10.5. The van der Waals surface area contributed by atoms with Crippen LogP contribution in [0.3, 0.4) is 0 Å². The van der Waals surface area contributed by atoms with Crippen LogP contribution >= 0.6 is 0 Å². The maximum atomic E-state index is 10.5. The second-order valence-corrected chi connectivity index (χ2v) is 5.87. The van der Waals surface area contributed by atoms with Crippen LogP contribution in [-0.2, 0) is 0 Å². The smallest absolute Gasteiger partial charge is 0.163 e. The summed E-state index contributed by atoms with van der Waals surface area (Å²) in [6.07, 6.45) is 1.56. The number of nitrogens with zero attached hydrogens (tertiary/aromatic N) is 2. The molecule has 118 valence electrons. The first kappa shape index (κ1) is 14.2. The first-order chi connectivity index (χ1) is 11.3. The monoisotopic (exact) mass is 310 g/mol. The summed E-state index contributed by atoms with van der Waals surface area (Å²) in [4.78, 5) is 0. The Bertz CT molecular complexity index is 727. The van der Waals surface area contributed by atoms with E-state index in [9.17, 15) is 5.11 Å². The third-order valence-electron chi connectivity index (χ3n) is 4.11. The summed E-state index contributed by atoms with van der Waals surface area (Å²) in [6, 6.07) is 13.2. The van der Waals surface area contributed by atoms with Crippen molar-refractivity contribution in [3.05, 3.63) is 48.0 Å². The molecule has 2 aromatic rings. The van der Waals surface area contributed by atoms with E-state index in [1.165, 1.54) is 0 Å². The van der Waals surface area contributed by atoms with Gasteiger partial charge in [-0.2, -0.15) is 10.2 Å². The first-order valence-electron chi connectivity index (χ1n) is 7.89. The van der Waals surface area contributed by atoms with Crippen LogP contribution in [0.2, 0.25) is 0 Å². The van der Waals surface area contributed by atoms with Crippen molar-refractivity contribution in [2.24, 2.45) is 16.1 Å². The fourth-order valence-corrected chi connectivity index (χ4v) is 2.69. The molecule has 1 aliphatic carbocycles. The molecule has 1 unspecified atom stereocenters. The normalized spacial score (nSPS) is 18.1. The summed E-state index contributed by atoms with van der Waals surface area (Å²) < 4.78 is 11.2. The van der Waals surface area contributed by atoms with Crippen molar-refractivity contribution in [3.63, 3.8) is 0 Å². The summed E-state index contributed by atoms with van der Waals surface area (Å²) in [6.45, 7) is 1.05. The fraction of sp³-hybridized carbons (Fsp3) is 0.333. The topological polar surface area (TPSA) is 63.4 Å². The van der Waals surface area contributed by atoms with E-state index in [0.717, 1.165) is 24.1 Å². The Labute approximate surface area is 134 Å². The number of aliphatic hydroxyl groups excluding tert-OH is 1. The maximum Gasteiger partial charge on any atom is 0.163 e.